The number of benzene rings is 2. The van der Waals surface area contributed by atoms with Crippen LogP contribution in [0.25, 0.3) is 0 Å². The summed E-state index contributed by atoms with van der Waals surface area (Å²) in [5.74, 6) is 0.310. The van der Waals surface area contributed by atoms with Gasteiger partial charge in [0.15, 0.2) is 0 Å². The number of hydrogen-bond donors (Lipinski definition) is 1. The van der Waals surface area contributed by atoms with Gasteiger partial charge in [0.05, 0.1) is 16.8 Å². The van der Waals surface area contributed by atoms with Crippen molar-refractivity contribution in [2.75, 3.05) is 26.2 Å². The van der Waals surface area contributed by atoms with Crippen molar-refractivity contribution in [2.24, 2.45) is 5.92 Å². The van der Waals surface area contributed by atoms with Gasteiger partial charge >= 0.3 is 0 Å². The van der Waals surface area contributed by atoms with Gasteiger partial charge in [-0.25, -0.2) is 4.39 Å². The van der Waals surface area contributed by atoms with Gasteiger partial charge in [-0.1, -0.05) is 41.9 Å². The molecule has 7 heteroatoms. The van der Waals surface area contributed by atoms with Crippen LogP contribution in [0.15, 0.2) is 72.9 Å². The molecule has 5 nitrogen and oxygen atoms in total. The largest absolute Gasteiger partial charge is 0.491 e. The second-order valence-corrected chi connectivity index (χ2v) is 8.55. The van der Waals surface area contributed by atoms with E-state index in [0.717, 1.165) is 43.7 Å². The smallest absolute Gasteiger partial charge is 0.224 e. The van der Waals surface area contributed by atoms with Crippen molar-refractivity contribution in [1.82, 2.24) is 15.2 Å². The Morgan fingerprint density at radius 3 is 2.52 bits per heavy atom. The lowest BCUT2D eigenvalue weighted by Crippen LogP contribution is -2.43. The first kappa shape index (κ1) is 23.2. The van der Waals surface area contributed by atoms with E-state index >= 15 is 0 Å². The molecule has 0 unspecified atom stereocenters. The number of carbonyl (C=O) groups excluding carboxylic acids is 1. The third-order valence-corrected chi connectivity index (χ3v) is 6.25. The molecule has 1 N–H and O–H groups in total. The zero-order chi connectivity index (χ0) is 23.0. The molecule has 1 fully saturated rings. The van der Waals surface area contributed by atoms with Crippen LogP contribution in [-0.4, -0.2) is 42.0 Å². The van der Waals surface area contributed by atoms with Crippen LogP contribution >= 0.6 is 11.6 Å². The fourth-order valence-electron chi connectivity index (χ4n) is 4.06. The van der Waals surface area contributed by atoms with Crippen LogP contribution in [-0.2, 0) is 4.79 Å². The quantitative estimate of drug-likeness (QED) is 0.513. The van der Waals surface area contributed by atoms with E-state index in [9.17, 15) is 9.18 Å². The maximum Gasteiger partial charge on any atom is 0.224 e. The number of hydrogen-bond acceptors (Lipinski definition) is 4. The van der Waals surface area contributed by atoms with E-state index < -0.39 is 6.04 Å². The van der Waals surface area contributed by atoms with Crippen LogP contribution < -0.4 is 10.1 Å². The Bertz CT molecular complexity index is 1040. The molecule has 1 aliphatic heterocycles. The Morgan fingerprint density at radius 2 is 1.82 bits per heavy atom. The van der Waals surface area contributed by atoms with Gasteiger partial charge in [-0.15, -0.1) is 0 Å². The zero-order valence-electron chi connectivity index (χ0n) is 18.3. The number of halogens is 2. The number of likely N-dealkylation sites (tertiary alicyclic amines) is 1. The number of amides is 1. The average Bonchev–Trinajstić information content (AvgIpc) is 2.85. The summed E-state index contributed by atoms with van der Waals surface area (Å²) < 4.78 is 19.2. The van der Waals surface area contributed by atoms with Crippen molar-refractivity contribution >= 4 is 17.5 Å². The van der Waals surface area contributed by atoms with Gasteiger partial charge < -0.3 is 10.1 Å². The fraction of sp³-hybridized carbons (Fsp3) is 0.308. The molecule has 1 aromatic heterocycles. The topological polar surface area (TPSA) is 54.5 Å². The minimum atomic E-state index is -0.415. The van der Waals surface area contributed by atoms with Gasteiger partial charge in [-0.3, -0.25) is 14.7 Å². The van der Waals surface area contributed by atoms with Crippen molar-refractivity contribution in [1.29, 1.82) is 0 Å². The molecule has 1 aliphatic rings. The molecule has 1 saturated heterocycles. The SMILES string of the molecule is O=C(N[C@@H](c1ccc(F)cc1)c1ccccn1)C1CCN(CCOc2ccccc2Cl)CC1. The number of para-hydroxylation sites is 1. The Hall–Kier alpha value is -2.96. The van der Waals surface area contributed by atoms with Gasteiger partial charge in [-0.05, 0) is 67.9 Å². The van der Waals surface area contributed by atoms with Gasteiger partial charge in [0.2, 0.25) is 5.91 Å². The lowest BCUT2D eigenvalue weighted by Gasteiger charge is -2.32. The van der Waals surface area contributed by atoms with E-state index in [1.807, 2.05) is 42.5 Å². The molecule has 3 aromatic rings. The third-order valence-electron chi connectivity index (χ3n) is 5.93. The highest BCUT2D eigenvalue weighted by Gasteiger charge is 2.27. The molecular weight excluding hydrogens is 441 g/mol. The molecule has 0 spiro atoms. The Balaban J connectivity index is 1.30. The number of nitrogens with one attached hydrogen (secondary N) is 1. The van der Waals surface area contributed by atoms with Crippen molar-refractivity contribution < 1.29 is 13.9 Å². The Kier molecular flexibility index (Phi) is 7.92. The van der Waals surface area contributed by atoms with E-state index in [1.165, 1.54) is 12.1 Å². The molecule has 0 saturated carbocycles. The number of aromatic nitrogens is 1. The van der Waals surface area contributed by atoms with Crippen LogP contribution in [0.2, 0.25) is 5.02 Å². The normalized spacial score (nSPS) is 15.7. The predicted octanol–water partition coefficient (Wildman–Crippen LogP) is 4.87. The molecule has 4 rings (SSSR count). The molecular formula is C26H27ClFN3O2. The summed E-state index contributed by atoms with van der Waals surface area (Å²) in [5.41, 5.74) is 1.53. The van der Waals surface area contributed by atoms with Crippen LogP contribution in [0, 0.1) is 11.7 Å². The van der Waals surface area contributed by atoms with Gasteiger partial charge in [0.1, 0.15) is 18.2 Å². The first-order chi connectivity index (χ1) is 16.1. The van der Waals surface area contributed by atoms with E-state index in [1.54, 1.807) is 18.3 Å². The highest BCUT2D eigenvalue weighted by Crippen LogP contribution is 2.25. The highest BCUT2D eigenvalue weighted by atomic mass is 35.5. The lowest BCUT2D eigenvalue weighted by molar-refractivity contribution is -0.127. The van der Waals surface area contributed by atoms with Crippen molar-refractivity contribution in [3.05, 3.63) is 95.0 Å². The number of carbonyl (C=O) groups is 1. The van der Waals surface area contributed by atoms with Crippen molar-refractivity contribution in [3.8, 4) is 5.75 Å². The molecule has 1 atom stereocenters. The van der Waals surface area contributed by atoms with Gasteiger partial charge in [0, 0.05) is 18.7 Å². The van der Waals surface area contributed by atoms with Crippen molar-refractivity contribution in [3.63, 3.8) is 0 Å². The lowest BCUT2D eigenvalue weighted by atomic mass is 9.94. The molecule has 2 aromatic carbocycles. The van der Waals surface area contributed by atoms with Crippen LogP contribution in [0.3, 0.4) is 0 Å². The molecule has 0 radical (unpaired) electrons. The highest BCUT2D eigenvalue weighted by molar-refractivity contribution is 6.32. The number of nitrogens with zero attached hydrogens (tertiary/aromatic N) is 2. The summed E-state index contributed by atoms with van der Waals surface area (Å²) in [4.78, 5) is 19.8. The number of pyridine rings is 1. The van der Waals surface area contributed by atoms with Gasteiger partial charge in [-0.2, -0.15) is 0 Å². The molecule has 33 heavy (non-hydrogen) atoms. The first-order valence-corrected chi connectivity index (χ1v) is 11.5. The summed E-state index contributed by atoms with van der Waals surface area (Å²) in [6.45, 7) is 2.99. The predicted molar refractivity (Wildman–Crippen MR) is 127 cm³/mol. The summed E-state index contributed by atoms with van der Waals surface area (Å²) in [6, 6.07) is 18.8. The van der Waals surface area contributed by atoms with E-state index in [4.69, 9.17) is 16.3 Å². The van der Waals surface area contributed by atoms with Crippen LogP contribution in [0.4, 0.5) is 4.39 Å². The second kappa shape index (κ2) is 11.3. The molecule has 1 amide bonds. The summed E-state index contributed by atoms with van der Waals surface area (Å²) in [5, 5.41) is 3.75. The maximum absolute atomic E-state index is 13.4. The second-order valence-electron chi connectivity index (χ2n) is 8.14. The summed E-state index contributed by atoms with van der Waals surface area (Å²) in [6.07, 6.45) is 3.24. The zero-order valence-corrected chi connectivity index (χ0v) is 19.0. The summed E-state index contributed by atoms with van der Waals surface area (Å²) >= 11 is 6.13. The Morgan fingerprint density at radius 1 is 1.09 bits per heavy atom. The number of rotatable bonds is 8. The minimum absolute atomic E-state index is 0.00180. The monoisotopic (exact) mass is 467 g/mol. The molecule has 0 bridgehead atoms. The number of piperidine rings is 1. The molecule has 0 aliphatic carbocycles. The van der Waals surface area contributed by atoms with Crippen molar-refractivity contribution in [2.45, 2.75) is 18.9 Å². The summed E-state index contributed by atoms with van der Waals surface area (Å²) in [7, 11) is 0. The fourth-order valence-corrected chi connectivity index (χ4v) is 4.25. The number of ether oxygens (including phenoxy) is 1. The van der Waals surface area contributed by atoms with E-state index in [2.05, 4.69) is 15.2 Å². The third kappa shape index (κ3) is 6.30. The van der Waals surface area contributed by atoms with Crippen LogP contribution in [0.5, 0.6) is 5.75 Å². The van der Waals surface area contributed by atoms with Gasteiger partial charge in [0.25, 0.3) is 0 Å². The van der Waals surface area contributed by atoms with Crippen LogP contribution in [0.1, 0.15) is 30.1 Å². The molecule has 172 valence electrons. The molecule has 2 heterocycles. The van der Waals surface area contributed by atoms with E-state index in [-0.39, 0.29) is 17.6 Å². The average molecular weight is 468 g/mol. The maximum atomic E-state index is 13.4. The standard InChI is InChI=1S/C26H27ClFN3O2/c27-22-5-1-2-7-24(22)33-18-17-31-15-12-20(13-16-31)26(32)30-25(23-6-3-4-14-29-23)19-8-10-21(28)11-9-19/h1-11,14,20,25H,12-13,15-18H2,(H,30,32)/t25-/m0/s1. The Labute approximate surface area is 198 Å². The minimum Gasteiger partial charge on any atom is -0.491 e. The first-order valence-electron chi connectivity index (χ1n) is 11.2. The van der Waals surface area contributed by atoms with E-state index in [0.29, 0.717) is 17.4 Å².